The van der Waals surface area contributed by atoms with Crippen LogP contribution in [-0.2, 0) is 12.3 Å². The minimum absolute atomic E-state index is 0.0565. The highest BCUT2D eigenvalue weighted by Gasteiger charge is 2.19. The van der Waals surface area contributed by atoms with Crippen LogP contribution in [0.1, 0.15) is 50.0 Å². The minimum Gasteiger partial charge on any atom is -0.350 e. The van der Waals surface area contributed by atoms with Gasteiger partial charge in [-0.25, -0.2) is 0 Å². The molecular weight excluding hydrogens is 470 g/mol. The first-order chi connectivity index (χ1) is 16.3. The predicted molar refractivity (Wildman–Crippen MR) is 138 cm³/mol. The van der Waals surface area contributed by atoms with Crippen LogP contribution < -0.4 is 10.9 Å². The van der Waals surface area contributed by atoms with Crippen molar-refractivity contribution in [2.24, 2.45) is 5.92 Å². The fourth-order valence-electron chi connectivity index (χ4n) is 3.73. The highest BCUT2D eigenvalue weighted by Crippen LogP contribution is 2.26. The Balaban J connectivity index is 1.86. The van der Waals surface area contributed by atoms with E-state index in [1.807, 2.05) is 42.5 Å². The molecule has 0 radical (unpaired) electrons. The maximum atomic E-state index is 13.4. The van der Waals surface area contributed by atoms with Gasteiger partial charge >= 0.3 is 0 Å². The number of halogens is 1. The summed E-state index contributed by atoms with van der Waals surface area (Å²) in [6.07, 6.45) is 0.833. The van der Waals surface area contributed by atoms with E-state index < -0.39 is 0 Å². The largest absolute Gasteiger partial charge is 0.350 e. The van der Waals surface area contributed by atoms with Crippen molar-refractivity contribution in [3.05, 3.63) is 69.0 Å². The van der Waals surface area contributed by atoms with Crippen LogP contribution in [0.15, 0.2) is 52.4 Å². The molecule has 1 atom stereocenters. The molecule has 0 saturated heterocycles. The number of hydrogen-bond acceptors (Lipinski definition) is 5. The second-order valence-corrected chi connectivity index (χ2v) is 10.2. The topological polar surface area (TPSA) is 81.3 Å². The van der Waals surface area contributed by atoms with Gasteiger partial charge in [0.2, 0.25) is 5.78 Å². The number of fused-ring (bicyclic) bond motifs is 3. The second-order valence-electron chi connectivity index (χ2n) is 8.86. The van der Waals surface area contributed by atoms with E-state index in [-0.39, 0.29) is 23.4 Å². The number of carbonyl (C=O) groups excluding carboxylic acids is 1. The highest BCUT2D eigenvalue weighted by atomic mass is 35.5. The number of carbonyl (C=O) groups is 1. The second kappa shape index (κ2) is 10.2. The number of benzene rings is 2. The minimum atomic E-state index is -0.169. The lowest BCUT2D eigenvalue weighted by Crippen LogP contribution is -2.32. The summed E-state index contributed by atoms with van der Waals surface area (Å²) in [6.45, 7) is 8.62. The van der Waals surface area contributed by atoms with Crippen LogP contribution in [0.3, 0.4) is 0 Å². The van der Waals surface area contributed by atoms with Gasteiger partial charge in [0.25, 0.3) is 11.5 Å². The summed E-state index contributed by atoms with van der Waals surface area (Å²) in [7, 11) is 0. The molecule has 2 heterocycles. The number of thioether (sulfide) groups is 1. The lowest BCUT2D eigenvalue weighted by Gasteiger charge is -2.15. The van der Waals surface area contributed by atoms with Crippen molar-refractivity contribution in [2.45, 2.75) is 57.6 Å². The van der Waals surface area contributed by atoms with Gasteiger partial charge in [0.05, 0.1) is 10.9 Å². The first-order valence-corrected chi connectivity index (χ1v) is 12.7. The zero-order valence-electron chi connectivity index (χ0n) is 19.7. The molecule has 0 fully saturated rings. The summed E-state index contributed by atoms with van der Waals surface area (Å²) in [5, 5.41) is 13.6. The molecule has 2 aromatic heterocycles. The maximum Gasteiger partial charge on any atom is 0.262 e. The number of amides is 1. The van der Waals surface area contributed by atoms with E-state index in [2.05, 4.69) is 29.4 Å². The van der Waals surface area contributed by atoms with E-state index >= 15 is 0 Å². The van der Waals surface area contributed by atoms with Gasteiger partial charge in [0.1, 0.15) is 0 Å². The Bertz CT molecular complexity index is 1410. The average molecular weight is 498 g/mol. The van der Waals surface area contributed by atoms with Crippen molar-refractivity contribution in [3.63, 3.8) is 0 Å². The third-order valence-electron chi connectivity index (χ3n) is 5.63. The van der Waals surface area contributed by atoms with Crippen molar-refractivity contribution in [1.29, 1.82) is 0 Å². The molecule has 9 heteroatoms. The molecular formula is C25H28ClN5O2S. The van der Waals surface area contributed by atoms with Crippen LogP contribution in [0.25, 0.3) is 16.7 Å². The van der Waals surface area contributed by atoms with E-state index in [0.717, 1.165) is 12.0 Å². The highest BCUT2D eigenvalue weighted by molar-refractivity contribution is 7.98. The predicted octanol–water partition coefficient (Wildman–Crippen LogP) is 5.17. The Morgan fingerprint density at radius 3 is 2.65 bits per heavy atom. The Kier molecular flexibility index (Phi) is 7.28. The standard InChI is InChI=1S/C25H28ClN5O2S/c1-5-16(4)27-22(32)18-9-10-20-21(12-18)31-24(30(23(20)33)13-15(2)3)28-29-25(31)34-14-17-7-6-8-19(26)11-17/h6-12,15-16H,5,13-14H2,1-4H3,(H,27,32)/t16-/m1/s1. The van der Waals surface area contributed by atoms with Crippen molar-refractivity contribution < 1.29 is 4.79 Å². The molecule has 34 heavy (non-hydrogen) atoms. The van der Waals surface area contributed by atoms with Gasteiger partial charge in [-0.1, -0.05) is 56.3 Å². The molecule has 7 nitrogen and oxygen atoms in total. The summed E-state index contributed by atoms with van der Waals surface area (Å²) in [5.74, 6) is 1.19. The zero-order chi connectivity index (χ0) is 24.4. The lowest BCUT2D eigenvalue weighted by atomic mass is 10.1. The number of rotatable bonds is 8. The normalized spacial score (nSPS) is 12.5. The van der Waals surface area contributed by atoms with Crippen LogP contribution in [0.2, 0.25) is 5.02 Å². The van der Waals surface area contributed by atoms with Crippen LogP contribution in [0.4, 0.5) is 0 Å². The van der Waals surface area contributed by atoms with Crippen molar-refractivity contribution in [2.75, 3.05) is 0 Å². The van der Waals surface area contributed by atoms with Gasteiger partial charge in [0.15, 0.2) is 5.16 Å². The molecule has 4 rings (SSSR count). The molecule has 0 aliphatic heterocycles. The molecule has 4 aromatic rings. The third-order valence-corrected chi connectivity index (χ3v) is 6.86. The fourth-order valence-corrected chi connectivity index (χ4v) is 4.83. The van der Waals surface area contributed by atoms with Gasteiger partial charge in [0, 0.05) is 28.9 Å². The van der Waals surface area contributed by atoms with Crippen LogP contribution in [-0.4, -0.2) is 31.1 Å². The van der Waals surface area contributed by atoms with Gasteiger partial charge in [-0.15, -0.1) is 10.2 Å². The molecule has 0 bridgehead atoms. The van der Waals surface area contributed by atoms with Gasteiger partial charge < -0.3 is 5.32 Å². The third kappa shape index (κ3) is 4.98. The van der Waals surface area contributed by atoms with Gasteiger partial charge in [-0.3, -0.25) is 18.6 Å². The molecule has 0 aliphatic rings. The van der Waals surface area contributed by atoms with E-state index in [4.69, 9.17) is 11.6 Å². The molecule has 1 amide bonds. The molecule has 0 spiro atoms. The van der Waals surface area contributed by atoms with E-state index in [1.165, 1.54) is 11.8 Å². The zero-order valence-corrected chi connectivity index (χ0v) is 21.3. The van der Waals surface area contributed by atoms with Crippen LogP contribution >= 0.6 is 23.4 Å². The molecule has 178 valence electrons. The van der Waals surface area contributed by atoms with E-state index in [1.54, 1.807) is 22.8 Å². The van der Waals surface area contributed by atoms with Crippen molar-refractivity contribution >= 4 is 46.0 Å². The van der Waals surface area contributed by atoms with Crippen molar-refractivity contribution in [1.82, 2.24) is 24.5 Å². The molecule has 0 unspecified atom stereocenters. The first-order valence-electron chi connectivity index (χ1n) is 11.4. The van der Waals surface area contributed by atoms with E-state index in [9.17, 15) is 9.59 Å². The summed E-state index contributed by atoms with van der Waals surface area (Å²) in [6, 6.07) is 12.9. The molecule has 2 aromatic carbocycles. The summed E-state index contributed by atoms with van der Waals surface area (Å²) < 4.78 is 3.55. The number of nitrogens with one attached hydrogen (secondary N) is 1. The Morgan fingerprint density at radius 1 is 1.15 bits per heavy atom. The van der Waals surface area contributed by atoms with Crippen LogP contribution in [0, 0.1) is 5.92 Å². The maximum absolute atomic E-state index is 13.4. The number of aromatic nitrogens is 4. The van der Waals surface area contributed by atoms with Crippen LogP contribution in [0.5, 0.6) is 0 Å². The molecule has 1 N–H and O–H groups in total. The number of hydrogen-bond donors (Lipinski definition) is 1. The smallest absolute Gasteiger partial charge is 0.262 e. The molecule has 0 saturated carbocycles. The van der Waals surface area contributed by atoms with Gasteiger partial charge in [-0.2, -0.15) is 0 Å². The SMILES string of the molecule is CC[C@@H](C)NC(=O)c1ccc2c(=O)n(CC(C)C)c3nnc(SCc4cccc(Cl)c4)n3c2c1. The Morgan fingerprint density at radius 2 is 1.94 bits per heavy atom. The number of nitrogens with zero attached hydrogens (tertiary/aromatic N) is 4. The Hall–Kier alpha value is -2.84. The fraction of sp³-hybridized carbons (Fsp3) is 0.360. The molecule has 0 aliphatic carbocycles. The quantitative estimate of drug-likeness (QED) is 0.339. The summed E-state index contributed by atoms with van der Waals surface area (Å²) in [4.78, 5) is 26.2. The first kappa shape index (κ1) is 24.3. The Labute approximate surface area is 207 Å². The van der Waals surface area contributed by atoms with E-state index in [0.29, 0.717) is 44.7 Å². The van der Waals surface area contributed by atoms with Crippen molar-refractivity contribution in [3.8, 4) is 0 Å². The monoisotopic (exact) mass is 497 g/mol. The van der Waals surface area contributed by atoms with Gasteiger partial charge in [-0.05, 0) is 55.2 Å². The summed E-state index contributed by atoms with van der Waals surface area (Å²) in [5.41, 5.74) is 2.04. The summed E-state index contributed by atoms with van der Waals surface area (Å²) >= 11 is 7.65. The average Bonchev–Trinajstić information content (AvgIpc) is 3.24. The lowest BCUT2D eigenvalue weighted by molar-refractivity contribution is 0.0939.